The highest BCUT2D eigenvalue weighted by Crippen LogP contribution is 2.13. The molecular weight excluding hydrogens is 304 g/mol. The van der Waals surface area contributed by atoms with Gasteiger partial charge in [0, 0.05) is 6.42 Å². The van der Waals surface area contributed by atoms with Crippen molar-refractivity contribution in [3.05, 3.63) is 18.2 Å². The summed E-state index contributed by atoms with van der Waals surface area (Å²) < 4.78 is 4.78. The minimum atomic E-state index is 1.21. The van der Waals surface area contributed by atoms with Gasteiger partial charge in [-0.15, -0.1) is 0 Å². The van der Waals surface area contributed by atoms with Crippen molar-refractivity contribution in [2.75, 3.05) is 0 Å². The summed E-state index contributed by atoms with van der Waals surface area (Å²) in [7, 11) is 2.19. The van der Waals surface area contributed by atoms with E-state index >= 15 is 0 Å². The monoisotopic (exact) mass is 349 g/mol. The zero-order chi connectivity index (χ0) is 18.2. The lowest BCUT2D eigenvalue weighted by molar-refractivity contribution is -0.678. The first-order valence-electron chi connectivity index (χ1n) is 11.3. The summed E-state index contributed by atoms with van der Waals surface area (Å²) >= 11 is 0. The third kappa shape index (κ3) is 10.7. The van der Waals surface area contributed by atoms with Gasteiger partial charge in [-0.2, -0.15) is 0 Å². The Balaban J connectivity index is 1.94. The smallest absolute Gasteiger partial charge is 0.237 e. The van der Waals surface area contributed by atoms with E-state index < -0.39 is 0 Å². The fourth-order valence-electron chi connectivity index (χ4n) is 3.71. The fourth-order valence-corrected chi connectivity index (χ4v) is 3.71. The van der Waals surface area contributed by atoms with E-state index in [4.69, 9.17) is 0 Å². The van der Waals surface area contributed by atoms with Crippen LogP contribution in [0.1, 0.15) is 116 Å². The number of nitrogens with zero attached hydrogens (tertiary/aromatic N) is 2. The van der Waals surface area contributed by atoms with Crippen molar-refractivity contribution in [2.45, 2.75) is 123 Å². The van der Waals surface area contributed by atoms with Crippen molar-refractivity contribution in [3.63, 3.8) is 0 Å². The maximum absolute atomic E-state index is 2.48. The molecule has 0 aliphatic heterocycles. The Morgan fingerprint density at radius 1 is 0.680 bits per heavy atom. The molecule has 2 nitrogen and oxygen atoms in total. The molecule has 1 rings (SSSR count). The summed E-state index contributed by atoms with van der Waals surface area (Å²) in [5.74, 6) is 1.50. The Kier molecular flexibility index (Phi) is 13.8. The first-order valence-corrected chi connectivity index (χ1v) is 11.3. The molecule has 1 aromatic rings. The van der Waals surface area contributed by atoms with E-state index in [1.54, 1.807) is 0 Å². The second-order valence-corrected chi connectivity index (χ2v) is 7.86. The number of hydrogen-bond acceptors (Lipinski definition) is 0. The molecular formula is C23H45N2+. The van der Waals surface area contributed by atoms with Crippen molar-refractivity contribution >= 4 is 0 Å². The second kappa shape index (κ2) is 15.5. The van der Waals surface area contributed by atoms with E-state index in [2.05, 4.69) is 42.4 Å². The molecule has 0 saturated carbocycles. The molecule has 0 aliphatic carbocycles. The van der Waals surface area contributed by atoms with Gasteiger partial charge in [-0.25, -0.2) is 9.13 Å². The standard InChI is InChI=1S/C23H45N2/c1-4-6-8-9-10-11-12-13-14-15-16-17-18-20-25-22-21-24(3)23(25)19-7-5-2/h21-22H,4-20H2,1-3H3/q+1. The molecule has 146 valence electrons. The summed E-state index contributed by atoms with van der Waals surface area (Å²) in [5.41, 5.74) is 0. The van der Waals surface area contributed by atoms with Crippen LogP contribution < -0.4 is 4.57 Å². The highest BCUT2D eigenvalue weighted by atomic mass is 15.1. The van der Waals surface area contributed by atoms with Crippen molar-refractivity contribution < 1.29 is 4.57 Å². The van der Waals surface area contributed by atoms with E-state index in [0.717, 1.165) is 0 Å². The van der Waals surface area contributed by atoms with Crippen LogP contribution in [0, 0.1) is 0 Å². The number of aromatic nitrogens is 2. The maximum atomic E-state index is 2.48. The van der Waals surface area contributed by atoms with E-state index in [-0.39, 0.29) is 0 Å². The normalized spacial score (nSPS) is 11.3. The lowest BCUT2D eigenvalue weighted by Crippen LogP contribution is -2.32. The molecule has 0 bridgehead atoms. The highest BCUT2D eigenvalue weighted by Gasteiger charge is 2.12. The SMILES string of the molecule is CCCCCCCCCCCCCCCn1cc[n+](C)c1CCCC. The average molecular weight is 350 g/mol. The van der Waals surface area contributed by atoms with Gasteiger partial charge in [0.1, 0.15) is 12.4 Å². The first-order chi connectivity index (χ1) is 12.3. The summed E-state index contributed by atoms with van der Waals surface area (Å²) in [4.78, 5) is 0. The molecule has 0 saturated heterocycles. The molecule has 0 amide bonds. The Bertz CT molecular complexity index is 408. The Hall–Kier alpha value is -0.790. The summed E-state index contributed by atoms with van der Waals surface area (Å²) in [6.07, 6.45) is 26.9. The van der Waals surface area contributed by atoms with E-state index in [1.165, 1.54) is 115 Å². The van der Waals surface area contributed by atoms with Gasteiger partial charge >= 0.3 is 0 Å². The van der Waals surface area contributed by atoms with Gasteiger partial charge in [-0.1, -0.05) is 90.9 Å². The Labute approximate surface area is 158 Å². The predicted octanol–water partition coefficient (Wildman–Crippen LogP) is 6.75. The zero-order valence-corrected chi connectivity index (χ0v) is 17.6. The maximum Gasteiger partial charge on any atom is 0.256 e. The summed E-state index contributed by atoms with van der Waals surface area (Å²) in [6, 6.07) is 0. The molecule has 25 heavy (non-hydrogen) atoms. The Morgan fingerprint density at radius 3 is 1.68 bits per heavy atom. The second-order valence-electron chi connectivity index (χ2n) is 7.86. The highest BCUT2D eigenvalue weighted by molar-refractivity contribution is 4.83. The lowest BCUT2D eigenvalue weighted by atomic mass is 10.0. The molecule has 0 N–H and O–H groups in total. The van der Waals surface area contributed by atoms with Crippen LogP contribution >= 0.6 is 0 Å². The number of unbranched alkanes of at least 4 members (excludes halogenated alkanes) is 13. The third-order valence-electron chi connectivity index (χ3n) is 5.47. The molecule has 0 aromatic carbocycles. The topological polar surface area (TPSA) is 8.81 Å². The van der Waals surface area contributed by atoms with Gasteiger partial charge in [0.05, 0.1) is 13.6 Å². The third-order valence-corrected chi connectivity index (χ3v) is 5.47. The van der Waals surface area contributed by atoms with Gasteiger partial charge in [0.15, 0.2) is 0 Å². The van der Waals surface area contributed by atoms with Crippen LogP contribution in [-0.2, 0) is 20.0 Å². The number of hydrogen-bond donors (Lipinski definition) is 0. The van der Waals surface area contributed by atoms with Gasteiger partial charge in [-0.05, 0) is 19.3 Å². The van der Waals surface area contributed by atoms with Crippen molar-refractivity contribution in [1.82, 2.24) is 4.57 Å². The van der Waals surface area contributed by atoms with E-state index in [0.29, 0.717) is 0 Å². The summed E-state index contributed by atoms with van der Waals surface area (Å²) in [5, 5.41) is 0. The van der Waals surface area contributed by atoms with Crippen LogP contribution in [0.15, 0.2) is 12.4 Å². The largest absolute Gasteiger partial charge is 0.256 e. The fraction of sp³-hybridized carbons (Fsp3) is 0.870. The van der Waals surface area contributed by atoms with Crippen LogP contribution in [-0.4, -0.2) is 4.57 Å². The molecule has 0 aliphatic rings. The minimum Gasteiger partial charge on any atom is -0.237 e. The quantitative estimate of drug-likeness (QED) is 0.217. The van der Waals surface area contributed by atoms with Crippen LogP contribution in [0.3, 0.4) is 0 Å². The minimum absolute atomic E-state index is 1.21. The summed E-state index contributed by atoms with van der Waals surface area (Å²) in [6.45, 7) is 5.78. The van der Waals surface area contributed by atoms with Gasteiger partial charge in [0.2, 0.25) is 0 Å². The number of aryl methyl sites for hydroxylation is 2. The number of rotatable bonds is 17. The van der Waals surface area contributed by atoms with Crippen LogP contribution in [0.2, 0.25) is 0 Å². The lowest BCUT2D eigenvalue weighted by Gasteiger charge is -2.04. The van der Waals surface area contributed by atoms with Gasteiger partial charge < -0.3 is 0 Å². The van der Waals surface area contributed by atoms with Crippen molar-refractivity contribution in [3.8, 4) is 0 Å². The molecule has 1 heterocycles. The molecule has 0 radical (unpaired) electrons. The van der Waals surface area contributed by atoms with Crippen LogP contribution in [0.4, 0.5) is 0 Å². The molecule has 0 spiro atoms. The van der Waals surface area contributed by atoms with E-state index in [9.17, 15) is 0 Å². The molecule has 0 atom stereocenters. The van der Waals surface area contributed by atoms with Crippen molar-refractivity contribution in [1.29, 1.82) is 0 Å². The average Bonchev–Trinajstić information content (AvgIpc) is 2.97. The molecule has 1 aromatic heterocycles. The van der Waals surface area contributed by atoms with Gasteiger partial charge in [0.25, 0.3) is 5.82 Å². The number of imidazole rings is 1. The molecule has 0 unspecified atom stereocenters. The molecule has 0 fully saturated rings. The first kappa shape index (κ1) is 22.3. The van der Waals surface area contributed by atoms with Crippen molar-refractivity contribution in [2.24, 2.45) is 7.05 Å². The molecule has 2 heteroatoms. The zero-order valence-electron chi connectivity index (χ0n) is 17.6. The van der Waals surface area contributed by atoms with Gasteiger partial charge in [-0.3, -0.25) is 0 Å². The van der Waals surface area contributed by atoms with Crippen LogP contribution in [0.25, 0.3) is 0 Å². The predicted molar refractivity (Wildman–Crippen MR) is 110 cm³/mol. The Morgan fingerprint density at radius 2 is 1.16 bits per heavy atom. The van der Waals surface area contributed by atoms with Crippen LogP contribution in [0.5, 0.6) is 0 Å². The van der Waals surface area contributed by atoms with E-state index in [1.807, 2.05) is 0 Å².